The molecule has 2 aromatic carbocycles. The Labute approximate surface area is 159 Å². The van der Waals surface area contributed by atoms with Crippen molar-refractivity contribution in [3.05, 3.63) is 64.9 Å². The van der Waals surface area contributed by atoms with Crippen LogP contribution in [0.5, 0.6) is 5.75 Å². The first-order valence-corrected chi connectivity index (χ1v) is 9.29. The molecular formula is C22H27N2O3+. The van der Waals surface area contributed by atoms with Gasteiger partial charge in [-0.15, -0.1) is 0 Å². The summed E-state index contributed by atoms with van der Waals surface area (Å²) in [5, 5.41) is 3.90. The fourth-order valence-corrected chi connectivity index (χ4v) is 3.21. The highest BCUT2D eigenvalue weighted by Gasteiger charge is 2.18. The van der Waals surface area contributed by atoms with Crippen molar-refractivity contribution >= 4 is 16.9 Å². The molecule has 2 N–H and O–H groups in total. The molecule has 0 radical (unpaired) electrons. The summed E-state index contributed by atoms with van der Waals surface area (Å²) in [5.74, 6) is 0.934. The Balaban J connectivity index is 1.78. The van der Waals surface area contributed by atoms with Gasteiger partial charge < -0.3 is 19.4 Å². The Bertz CT molecular complexity index is 944. The van der Waals surface area contributed by atoms with Crippen molar-refractivity contribution in [1.82, 2.24) is 5.32 Å². The predicted octanol–water partition coefficient (Wildman–Crippen LogP) is 2.71. The van der Waals surface area contributed by atoms with Crippen molar-refractivity contribution < 1.29 is 18.8 Å². The first-order chi connectivity index (χ1) is 13.0. The molecule has 1 aromatic heterocycles. The highest BCUT2D eigenvalue weighted by Crippen LogP contribution is 2.29. The molecule has 0 saturated heterocycles. The molecule has 0 bridgehead atoms. The average molecular weight is 367 g/mol. The van der Waals surface area contributed by atoms with Gasteiger partial charge in [-0.25, -0.2) is 0 Å². The van der Waals surface area contributed by atoms with Crippen LogP contribution in [-0.4, -0.2) is 26.6 Å². The maximum atomic E-state index is 12.7. The molecule has 0 saturated carbocycles. The van der Waals surface area contributed by atoms with Gasteiger partial charge in [0, 0.05) is 23.1 Å². The van der Waals surface area contributed by atoms with E-state index in [9.17, 15) is 4.79 Å². The van der Waals surface area contributed by atoms with E-state index in [1.54, 1.807) is 0 Å². The summed E-state index contributed by atoms with van der Waals surface area (Å²) in [6.45, 7) is 5.84. The topological polar surface area (TPSA) is 55.9 Å². The van der Waals surface area contributed by atoms with E-state index in [0.717, 1.165) is 28.8 Å². The van der Waals surface area contributed by atoms with Crippen LogP contribution < -0.4 is 15.0 Å². The highest BCUT2D eigenvalue weighted by molar-refractivity contribution is 5.99. The zero-order valence-corrected chi connectivity index (χ0v) is 16.4. The zero-order chi connectivity index (χ0) is 19.4. The third kappa shape index (κ3) is 4.31. The van der Waals surface area contributed by atoms with Gasteiger partial charge in [-0.3, -0.25) is 4.79 Å². The number of hydrogen-bond donors (Lipinski definition) is 2. The molecule has 1 amide bonds. The second kappa shape index (κ2) is 8.27. The summed E-state index contributed by atoms with van der Waals surface area (Å²) in [4.78, 5) is 14.1. The van der Waals surface area contributed by atoms with E-state index < -0.39 is 0 Å². The van der Waals surface area contributed by atoms with Gasteiger partial charge in [-0.1, -0.05) is 24.3 Å². The second-order valence-electron chi connectivity index (χ2n) is 6.98. The fraction of sp³-hybridized carbons (Fsp3) is 0.318. The van der Waals surface area contributed by atoms with Crippen molar-refractivity contribution in [2.75, 3.05) is 20.7 Å². The lowest BCUT2D eigenvalue weighted by molar-refractivity contribution is -0.872. The van der Waals surface area contributed by atoms with E-state index in [-0.39, 0.29) is 5.91 Å². The number of carbonyl (C=O) groups is 1. The van der Waals surface area contributed by atoms with Crippen LogP contribution in [0.2, 0.25) is 0 Å². The minimum Gasteiger partial charge on any atom is -0.494 e. The number of furan rings is 1. The summed E-state index contributed by atoms with van der Waals surface area (Å²) in [6, 6.07) is 13.8. The number of ether oxygens (including phenoxy) is 1. The number of hydrogen-bond acceptors (Lipinski definition) is 3. The van der Waals surface area contributed by atoms with Crippen molar-refractivity contribution in [1.29, 1.82) is 0 Å². The van der Waals surface area contributed by atoms with Gasteiger partial charge >= 0.3 is 0 Å². The Morgan fingerprint density at radius 1 is 1.15 bits per heavy atom. The molecule has 3 aromatic rings. The molecule has 5 nitrogen and oxygen atoms in total. The Hall–Kier alpha value is -2.79. The van der Waals surface area contributed by atoms with Crippen LogP contribution in [0.25, 0.3) is 11.0 Å². The number of benzene rings is 2. The molecule has 5 heteroatoms. The molecule has 27 heavy (non-hydrogen) atoms. The summed E-state index contributed by atoms with van der Waals surface area (Å²) in [5.41, 5.74) is 3.88. The van der Waals surface area contributed by atoms with Gasteiger partial charge in [0.1, 0.15) is 17.9 Å². The summed E-state index contributed by atoms with van der Waals surface area (Å²) < 4.78 is 11.3. The van der Waals surface area contributed by atoms with E-state index in [2.05, 4.69) is 31.5 Å². The monoisotopic (exact) mass is 367 g/mol. The third-order valence-electron chi connectivity index (χ3n) is 4.53. The maximum Gasteiger partial charge on any atom is 0.287 e. The van der Waals surface area contributed by atoms with Gasteiger partial charge in [0.25, 0.3) is 5.91 Å². The Morgan fingerprint density at radius 2 is 1.89 bits per heavy atom. The molecule has 3 rings (SSSR count). The van der Waals surface area contributed by atoms with Crippen LogP contribution in [0, 0.1) is 6.92 Å². The predicted molar refractivity (Wildman–Crippen MR) is 106 cm³/mol. The van der Waals surface area contributed by atoms with Crippen molar-refractivity contribution in [3.8, 4) is 5.75 Å². The van der Waals surface area contributed by atoms with Gasteiger partial charge in [0.2, 0.25) is 0 Å². The summed E-state index contributed by atoms with van der Waals surface area (Å²) >= 11 is 0. The van der Waals surface area contributed by atoms with Crippen LogP contribution in [-0.2, 0) is 13.1 Å². The molecule has 0 fully saturated rings. The fourth-order valence-electron chi connectivity index (χ4n) is 3.21. The van der Waals surface area contributed by atoms with Crippen LogP contribution in [0.1, 0.15) is 34.2 Å². The largest absolute Gasteiger partial charge is 0.494 e. The maximum absolute atomic E-state index is 12.7. The lowest BCUT2D eigenvalue weighted by atomic mass is 10.1. The standard InChI is InChI=1S/C22H26N2O3/c1-5-26-18-10-11-20-19(12-18)15(2)21(27-20)22(25)23-13-16-8-6-7-9-17(16)14-24(3)4/h6-12H,5,13-14H2,1-4H3,(H,23,25)/p+1. The van der Waals surface area contributed by atoms with Gasteiger partial charge in [0.05, 0.1) is 20.7 Å². The quantitative estimate of drug-likeness (QED) is 0.675. The Morgan fingerprint density at radius 3 is 2.59 bits per heavy atom. The van der Waals surface area contributed by atoms with E-state index in [0.29, 0.717) is 24.5 Å². The van der Waals surface area contributed by atoms with Crippen LogP contribution in [0.4, 0.5) is 0 Å². The molecule has 0 spiro atoms. The summed E-state index contributed by atoms with van der Waals surface area (Å²) in [6.07, 6.45) is 0. The van der Waals surface area contributed by atoms with Gasteiger partial charge in [0.15, 0.2) is 5.76 Å². The third-order valence-corrected chi connectivity index (χ3v) is 4.53. The van der Waals surface area contributed by atoms with Gasteiger partial charge in [-0.05, 0) is 37.6 Å². The molecular weight excluding hydrogens is 340 g/mol. The van der Waals surface area contributed by atoms with Crippen LogP contribution in [0.15, 0.2) is 46.9 Å². The molecule has 0 unspecified atom stereocenters. The number of fused-ring (bicyclic) bond motifs is 1. The molecule has 0 aliphatic rings. The lowest BCUT2D eigenvalue weighted by Gasteiger charge is -2.12. The van der Waals surface area contributed by atoms with Crippen LogP contribution >= 0.6 is 0 Å². The molecule has 0 aliphatic carbocycles. The van der Waals surface area contributed by atoms with E-state index in [4.69, 9.17) is 9.15 Å². The minimum absolute atomic E-state index is 0.200. The Kier molecular flexibility index (Phi) is 5.81. The smallest absolute Gasteiger partial charge is 0.287 e. The molecule has 0 atom stereocenters. The second-order valence-corrected chi connectivity index (χ2v) is 6.98. The molecule has 1 heterocycles. The van der Waals surface area contributed by atoms with Crippen molar-refractivity contribution in [2.45, 2.75) is 26.9 Å². The SMILES string of the molecule is CCOc1ccc2oc(C(=O)NCc3ccccc3C[NH+](C)C)c(C)c2c1. The first-order valence-electron chi connectivity index (χ1n) is 9.29. The van der Waals surface area contributed by atoms with E-state index >= 15 is 0 Å². The average Bonchev–Trinajstić information content (AvgIpc) is 2.97. The molecule has 0 aliphatic heterocycles. The number of rotatable bonds is 7. The number of quaternary nitrogens is 1. The van der Waals surface area contributed by atoms with Crippen molar-refractivity contribution in [3.63, 3.8) is 0 Å². The number of aryl methyl sites for hydroxylation is 1. The number of carbonyl (C=O) groups excluding carboxylic acids is 1. The van der Waals surface area contributed by atoms with Gasteiger partial charge in [-0.2, -0.15) is 0 Å². The van der Waals surface area contributed by atoms with Crippen molar-refractivity contribution in [2.24, 2.45) is 0 Å². The lowest BCUT2D eigenvalue weighted by Crippen LogP contribution is -3.04. The minimum atomic E-state index is -0.200. The summed E-state index contributed by atoms with van der Waals surface area (Å²) in [7, 11) is 4.23. The first kappa shape index (κ1) is 19.0. The molecule has 142 valence electrons. The zero-order valence-electron chi connectivity index (χ0n) is 16.4. The number of amides is 1. The highest BCUT2D eigenvalue weighted by atomic mass is 16.5. The normalized spacial score (nSPS) is 11.1. The van der Waals surface area contributed by atoms with Crippen LogP contribution in [0.3, 0.4) is 0 Å². The van der Waals surface area contributed by atoms with E-state index in [1.165, 1.54) is 10.5 Å². The van der Waals surface area contributed by atoms with E-state index in [1.807, 2.05) is 44.2 Å². The number of nitrogens with one attached hydrogen (secondary N) is 2.